The van der Waals surface area contributed by atoms with Gasteiger partial charge < -0.3 is 10.8 Å². The van der Waals surface area contributed by atoms with E-state index in [9.17, 15) is 4.79 Å². The molecule has 0 aromatic carbocycles. The lowest BCUT2D eigenvalue weighted by Gasteiger charge is -2.17. The molecule has 0 aromatic heterocycles. The third-order valence-electron chi connectivity index (χ3n) is 2.40. The maximum Gasteiger partial charge on any atom is 0.304 e. The van der Waals surface area contributed by atoms with E-state index in [-0.39, 0.29) is 12.5 Å². The van der Waals surface area contributed by atoms with Gasteiger partial charge in [0.05, 0.1) is 6.42 Å². The Kier molecular flexibility index (Phi) is 6.59. The molecule has 78 valence electrons. The fraction of sp³-hybridized carbons (Fsp3) is 0.900. The molecule has 0 bridgehead atoms. The Labute approximate surface area is 80.3 Å². The Morgan fingerprint density at radius 3 is 2.54 bits per heavy atom. The first-order valence-electron chi connectivity index (χ1n) is 5.05. The molecule has 3 heteroatoms. The molecule has 0 aliphatic carbocycles. The second-order valence-electron chi connectivity index (χ2n) is 3.73. The van der Waals surface area contributed by atoms with Gasteiger partial charge in [0, 0.05) is 6.04 Å². The minimum Gasteiger partial charge on any atom is -0.481 e. The average molecular weight is 187 g/mol. The number of rotatable bonds is 7. The highest BCUT2D eigenvalue weighted by atomic mass is 16.4. The summed E-state index contributed by atoms with van der Waals surface area (Å²) < 4.78 is 0. The van der Waals surface area contributed by atoms with Gasteiger partial charge in [-0.2, -0.15) is 0 Å². The van der Waals surface area contributed by atoms with Crippen LogP contribution in [0.5, 0.6) is 0 Å². The van der Waals surface area contributed by atoms with Gasteiger partial charge in [-0.25, -0.2) is 0 Å². The monoisotopic (exact) mass is 187 g/mol. The first-order chi connectivity index (χ1) is 6.07. The summed E-state index contributed by atoms with van der Waals surface area (Å²) in [7, 11) is 0. The van der Waals surface area contributed by atoms with E-state index in [1.54, 1.807) is 0 Å². The molecule has 0 aromatic rings. The molecule has 13 heavy (non-hydrogen) atoms. The molecule has 0 aliphatic rings. The van der Waals surface area contributed by atoms with Crippen LogP contribution in [-0.4, -0.2) is 17.1 Å². The van der Waals surface area contributed by atoms with Crippen LogP contribution in [0.1, 0.15) is 46.0 Å². The minimum atomic E-state index is -0.796. The summed E-state index contributed by atoms with van der Waals surface area (Å²) in [5, 5.41) is 8.52. The first kappa shape index (κ1) is 12.4. The predicted octanol–water partition coefficient (Wildman–Crippen LogP) is 2.00. The summed E-state index contributed by atoms with van der Waals surface area (Å²) in [6.07, 6.45) is 4.70. The number of unbranched alkanes of at least 4 members (excludes halogenated alkanes) is 2. The summed E-state index contributed by atoms with van der Waals surface area (Å²) >= 11 is 0. The molecular formula is C10H21NO2. The van der Waals surface area contributed by atoms with Gasteiger partial charge in [0.2, 0.25) is 0 Å². The molecule has 0 spiro atoms. The number of carboxylic acid groups (broad SMARTS) is 1. The number of aliphatic carboxylic acids is 1. The Morgan fingerprint density at radius 2 is 2.08 bits per heavy atom. The molecule has 3 N–H and O–H groups in total. The number of hydrogen-bond donors (Lipinski definition) is 2. The van der Waals surface area contributed by atoms with Crippen molar-refractivity contribution in [2.75, 3.05) is 0 Å². The van der Waals surface area contributed by atoms with E-state index in [2.05, 4.69) is 6.92 Å². The molecule has 0 saturated heterocycles. The van der Waals surface area contributed by atoms with Crippen molar-refractivity contribution in [3.63, 3.8) is 0 Å². The Balaban J connectivity index is 3.56. The molecule has 0 saturated carbocycles. The van der Waals surface area contributed by atoms with E-state index in [4.69, 9.17) is 10.8 Å². The summed E-state index contributed by atoms with van der Waals surface area (Å²) in [5.74, 6) is -0.475. The minimum absolute atomic E-state index is 0.0906. The molecule has 0 amide bonds. The number of nitrogens with two attached hydrogens (primary N) is 1. The summed E-state index contributed by atoms with van der Waals surface area (Å²) in [6, 6.07) is -0.186. The van der Waals surface area contributed by atoms with Crippen molar-refractivity contribution >= 4 is 5.97 Å². The second-order valence-corrected chi connectivity index (χ2v) is 3.73. The van der Waals surface area contributed by atoms with Crippen LogP contribution in [0.4, 0.5) is 0 Å². The summed E-state index contributed by atoms with van der Waals surface area (Å²) in [5.41, 5.74) is 5.72. The van der Waals surface area contributed by atoms with Crippen LogP contribution in [0.25, 0.3) is 0 Å². The zero-order valence-electron chi connectivity index (χ0n) is 8.62. The van der Waals surface area contributed by atoms with E-state index < -0.39 is 5.97 Å². The third-order valence-corrected chi connectivity index (χ3v) is 2.40. The lowest BCUT2D eigenvalue weighted by Crippen LogP contribution is -2.30. The van der Waals surface area contributed by atoms with Gasteiger partial charge >= 0.3 is 5.97 Å². The number of carbonyl (C=O) groups is 1. The third kappa shape index (κ3) is 6.58. The van der Waals surface area contributed by atoms with Crippen molar-refractivity contribution in [1.82, 2.24) is 0 Å². The normalized spacial score (nSPS) is 15.3. The molecule has 0 rings (SSSR count). The highest BCUT2D eigenvalue weighted by molar-refractivity contribution is 5.67. The van der Waals surface area contributed by atoms with Crippen molar-refractivity contribution in [3.05, 3.63) is 0 Å². The standard InChI is InChI=1S/C10H21NO2/c1-3-4-5-6-8(2)9(11)7-10(12)13/h8-9H,3-7,11H2,1-2H3,(H,12,13). The van der Waals surface area contributed by atoms with Crippen molar-refractivity contribution in [1.29, 1.82) is 0 Å². The Morgan fingerprint density at radius 1 is 1.46 bits per heavy atom. The summed E-state index contributed by atoms with van der Waals surface area (Å²) in [4.78, 5) is 10.4. The van der Waals surface area contributed by atoms with Gasteiger partial charge in [-0.15, -0.1) is 0 Å². The van der Waals surface area contributed by atoms with Crippen LogP contribution in [-0.2, 0) is 4.79 Å². The zero-order valence-corrected chi connectivity index (χ0v) is 8.62. The quantitative estimate of drug-likeness (QED) is 0.599. The lowest BCUT2D eigenvalue weighted by atomic mass is 9.94. The van der Waals surface area contributed by atoms with Crippen LogP contribution >= 0.6 is 0 Å². The topological polar surface area (TPSA) is 63.3 Å². The number of hydrogen-bond acceptors (Lipinski definition) is 2. The molecule has 3 nitrogen and oxygen atoms in total. The van der Waals surface area contributed by atoms with Crippen molar-refractivity contribution < 1.29 is 9.90 Å². The van der Waals surface area contributed by atoms with Gasteiger partial charge in [0.1, 0.15) is 0 Å². The van der Waals surface area contributed by atoms with Crippen molar-refractivity contribution in [3.8, 4) is 0 Å². The van der Waals surface area contributed by atoms with Crippen LogP contribution in [0, 0.1) is 5.92 Å². The Hall–Kier alpha value is -0.570. The lowest BCUT2D eigenvalue weighted by molar-refractivity contribution is -0.137. The van der Waals surface area contributed by atoms with Crippen LogP contribution < -0.4 is 5.73 Å². The SMILES string of the molecule is CCCCCC(C)C(N)CC(=O)O. The molecule has 2 unspecified atom stereocenters. The fourth-order valence-electron chi connectivity index (χ4n) is 1.33. The van der Waals surface area contributed by atoms with E-state index >= 15 is 0 Å². The van der Waals surface area contributed by atoms with Gasteiger partial charge in [0.15, 0.2) is 0 Å². The van der Waals surface area contributed by atoms with Crippen LogP contribution in [0.15, 0.2) is 0 Å². The maximum absolute atomic E-state index is 10.4. The predicted molar refractivity (Wildman–Crippen MR) is 53.5 cm³/mol. The van der Waals surface area contributed by atoms with E-state index in [1.807, 2.05) is 6.92 Å². The number of carboxylic acids is 1. The maximum atomic E-state index is 10.4. The first-order valence-corrected chi connectivity index (χ1v) is 5.05. The Bertz CT molecular complexity index is 148. The molecular weight excluding hydrogens is 166 g/mol. The van der Waals surface area contributed by atoms with E-state index in [1.165, 1.54) is 12.8 Å². The smallest absolute Gasteiger partial charge is 0.304 e. The van der Waals surface area contributed by atoms with E-state index in [0.29, 0.717) is 5.92 Å². The van der Waals surface area contributed by atoms with Crippen molar-refractivity contribution in [2.24, 2.45) is 11.7 Å². The molecule has 0 fully saturated rings. The van der Waals surface area contributed by atoms with Crippen LogP contribution in [0.2, 0.25) is 0 Å². The van der Waals surface area contributed by atoms with Crippen molar-refractivity contribution in [2.45, 2.75) is 52.0 Å². The molecule has 0 aliphatic heterocycles. The van der Waals surface area contributed by atoms with E-state index in [0.717, 1.165) is 12.8 Å². The molecule has 2 atom stereocenters. The second kappa shape index (κ2) is 6.89. The average Bonchev–Trinajstić information content (AvgIpc) is 2.03. The van der Waals surface area contributed by atoms with Gasteiger partial charge in [-0.05, 0) is 12.3 Å². The molecule has 0 radical (unpaired) electrons. The largest absolute Gasteiger partial charge is 0.481 e. The fourth-order valence-corrected chi connectivity index (χ4v) is 1.33. The van der Waals surface area contributed by atoms with Gasteiger partial charge in [0.25, 0.3) is 0 Å². The highest BCUT2D eigenvalue weighted by Gasteiger charge is 2.15. The summed E-state index contributed by atoms with van der Waals surface area (Å²) in [6.45, 7) is 4.19. The zero-order chi connectivity index (χ0) is 10.3. The van der Waals surface area contributed by atoms with Crippen LogP contribution in [0.3, 0.4) is 0 Å². The van der Waals surface area contributed by atoms with Gasteiger partial charge in [-0.1, -0.05) is 33.1 Å². The highest BCUT2D eigenvalue weighted by Crippen LogP contribution is 2.13. The van der Waals surface area contributed by atoms with Gasteiger partial charge in [-0.3, -0.25) is 4.79 Å². The molecule has 0 heterocycles.